The summed E-state index contributed by atoms with van der Waals surface area (Å²) in [7, 11) is 0. The third-order valence-corrected chi connectivity index (χ3v) is 3.86. The van der Waals surface area contributed by atoms with Crippen LogP contribution in [0.5, 0.6) is 0 Å². The molecule has 2 atom stereocenters. The first-order chi connectivity index (χ1) is 6.79. The lowest BCUT2D eigenvalue weighted by Crippen LogP contribution is -2.26. The molecular formula is C13H21N. The number of rotatable bonds is 0. The normalized spacial score (nSPS) is 33.6. The van der Waals surface area contributed by atoms with E-state index in [-0.39, 0.29) is 0 Å². The van der Waals surface area contributed by atoms with Gasteiger partial charge in [-0.15, -0.1) is 0 Å². The zero-order valence-electron chi connectivity index (χ0n) is 9.42. The van der Waals surface area contributed by atoms with Crippen LogP contribution < -0.4 is 0 Å². The van der Waals surface area contributed by atoms with Gasteiger partial charge in [-0.3, -0.25) is 4.99 Å². The monoisotopic (exact) mass is 191 g/mol. The van der Waals surface area contributed by atoms with Gasteiger partial charge in [-0.2, -0.15) is 0 Å². The van der Waals surface area contributed by atoms with Gasteiger partial charge in [-0.25, -0.2) is 0 Å². The molecule has 14 heavy (non-hydrogen) atoms. The number of hydrogen-bond donors (Lipinski definition) is 0. The molecule has 0 N–H and O–H groups in total. The Balaban J connectivity index is 2.16. The predicted molar refractivity (Wildman–Crippen MR) is 61.5 cm³/mol. The van der Waals surface area contributed by atoms with Crippen molar-refractivity contribution in [1.82, 2.24) is 0 Å². The van der Waals surface area contributed by atoms with Gasteiger partial charge in [-0.05, 0) is 32.6 Å². The molecule has 2 aliphatic rings. The molecule has 2 rings (SSSR count). The SMILES string of the molecule is CC1=CN=C(C)C2CCCCCCC12. The highest BCUT2D eigenvalue weighted by molar-refractivity contribution is 5.86. The highest BCUT2D eigenvalue weighted by Gasteiger charge is 2.28. The summed E-state index contributed by atoms with van der Waals surface area (Å²) >= 11 is 0. The Morgan fingerprint density at radius 3 is 2.36 bits per heavy atom. The van der Waals surface area contributed by atoms with E-state index in [1.807, 2.05) is 0 Å². The summed E-state index contributed by atoms with van der Waals surface area (Å²) in [5.41, 5.74) is 2.89. The largest absolute Gasteiger partial charge is 0.266 e. The summed E-state index contributed by atoms with van der Waals surface area (Å²) in [5.74, 6) is 1.58. The molecule has 0 radical (unpaired) electrons. The third kappa shape index (κ3) is 1.92. The minimum atomic E-state index is 0.764. The van der Waals surface area contributed by atoms with Gasteiger partial charge in [0.05, 0.1) is 0 Å². The van der Waals surface area contributed by atoms with E-state index in [9.17, 15) is 0 Å². The number of allylic oxidation sites excluding steroid dienone is 1. The van der Waals surface area contributed by atoms with Crippen molar-refractivity contribution in [2.45, 2.75) is 52.4 Å². The number of aliphatic imine (C=N–C) groups is 1. The van der Waals surface area contributed by atoms with Gasteiger partial charge in [0.1, 0.15) is 0 Å². The van der Waals surface area contributed by atoms with Gasteiger partial charge in [0.15, 0.2) is 0 Å². The molecule has 0 aromatic rings. The first-order valence-electron chi connectivity index (χ1n) is 6.00. The lowest BCUT2D eigenvalue weighted by atomic mass is 9.75. The van der Waals surface area contributed by atoms with Crippen LogP contribution in [0, 0.1) is 11.8 Å². The minimum Gasteiger partial charge on any atom is -0.266 e. The van der Waals surface area contributed by atoms with Crippen molar-refractivity contribution < 1.29 is 0 Å². The van der Waals surface area contributed by atoms with Crippen LogP contribution in [-0.2, 0) is 0 Å². The Morgan fingerprint density at radius 2 is 1.64 bits per heavy atom. The van der Waals surface area contributed by atoms with Crippen molar-refractivity contribution >= 4 is 5.71 Å². The first-order valence-corrected chi connectivity index (χ1v) is 6.00. The molecule has 1 saturated carbocycles. The Hall–Kier alpha value is -0.590. The first kappa shape index (κ1) is 9.95. The average molecular weight is 191 g/mol. The highest BCUT2D eigenvalue weighted by atomic mass is 14.7. The second kappa shape index (κ2) is 4.29. The van der Waals surface area contributed by atoms with E-state index in [4.69, 9.17) is 0 Å². The van der Waals surface area contributed by atoms with Crippen LogP contribution in [0.3, 0.4) is 0 Å². The van der Waals surface area contributed by atoms with Crippen molar-refractivity contribution in [2.24, 2.45) is 16.8 Å². The molecule has 0 bridgehead atoms. The predicted octanol–water partition coefficient (Wildman–Crippen LogP) is 3.95. The van der Waals surface area contributed by atoms with Crippen LogP contribution in [0.25, 0.3) is 0 Å². The van der Waals surface area contributed by atoms with Gasteiger partial charge in [0, 0.05) is 17.8 Å². The second-order valence-corrected chi connectivity index (χ2v) is 4.85. The van der Waals surface area contributed by atoms with Crippen LogP contribution in [0.2, 0.25) is 0 Å². The van der Waals surface area contributed by atoms with Crippen LogP contribution in [0.1, 0.15) is 52.4 Å². The summed E-state index contributed by atoms with van der Waals surface area (Å²) in [6.45, 7) is 4.47. The van der Waals surface area contributed by atoms with Crippen molar-refractivity contribution in [1.29, 1.82) is 0 Å². The van der Waals surface area contributed by atoms with Gasteiger partial charge in [0.25, 0.3) is 0 Å². The second-order valence-electron chi connectivity index (χ2n) is 4.85. The standard InChI is InChI=1S/C13H21N/c1-10-9-14-11(2)13-8-6-4-3-5-7-12(10)13/h9,12-13H,3-8H2,1-2H3. The van der Waals surface area contributed by atoms with E-state index in [0.717, 1.165) is 11.8 Å². The zero-order chi connectivity index (χ0) is 9.97. The molecule has 1 heteroatoms. The molecule has 0 amide bonds. The Kier molecular flexibility index (Phi) is 3.05. The maximum Gasteiger partial charge on any atom is 0.0259 e. The van der Waals surface area contributed by atoms with E-state index in [2.05, 4.69) is 25.0 Å². The van der Waals surface area contributed by atoms with Gasteiger partial charge >= 0.3 is 0 Å². The summed E-state index contributed by atoms with van der Waals surface area (Å²) in [6.07, 6.45) is 10.5. The number of nitrogens with zero attached hydrogens (tertiary/aromatic N) is 1. The van der Waals surface area contributed by atoms with Crippen LogP contribution >= 0.6 is 0 Å². The van der Waals surface area contributed by atoms with Crippen LogP contribution in [-0.4, -0.2) is 5.71 Å². The molecule has 2 unspecified atom stereocenters. The number of hydrogen-bond acceptors (Lipinski definition) is 1. The molecule has 1 fully saturated rings. The Bertz CT molecular complexity index is 234. The molecule has 0 aromatic carbocycles. The Labute approximate surface area is 87.3 Å². The maximum absolute atomic E-state index is 4.52. The lowest BCUT2D eigenvalue weighted by Gasteiger charge is -2.32. The molecule has 0 spiro atoms. The average Bonchev–Trinajstić information content (AvgIpc) is 2.11. The highest BCUT2D eigenvalue weighted by Crippen LogP contribution is 2.36. The van der Waals surface area contributed by atoms with Gasteiger partial charge in [0.2, 0.25) is 0 Å². The van der Waals surface area contributed by atoms with Crippen molar-refractivity contribution in [3.63, 3.8) is 0 Å². The summed E-state index contributed by atoms with van der Waals surface area (Å²) in [6, 6.07) is 0. The van der Waals surface area contributed by atoms with Crippen molar-refractivity contribution in [3.8, 4) is 0 Å². The fourth-order valence-electron chi connectivity index (χ4n) is 2.92. The molecule has 1 nitrogen and oxygen atoms in total. The van der Waals surface area contributed by atoms with E-state index in [1.165, 1.54) is 49.8 Å². The smallest absolute Gasteiger partial charge is 0.0259 e. The Morgan fingerprint density at radius 1 is 1.00 bits per heavy atom. The van der Waals surface area contributed by atoms with E-state index >= 15 is 0 Å². The van der Waals surface area contributed by atoms with E-state index in [1.54, 1.807) is 0 Å². The van der Waals surface area contributed by atoms with Crippen molar-refractivity contribution in [3.05, 3.63) is 11.8 Å². The molecule has 0 saturated heterocycles. The molecule has 1 aliphatic heterocycles. The molecule has 1 heterocycles. The van der Waals surface area contributed by atoms with E-state index < -0.39 is 0 Å². The zero-order valence-corrected chi connectivity index (χ0v) is 9.42. The maximum atomic E-state index is 4.52. The lowest BCUT2D eigenvalue weighted by molar-refractivity contribution is 0.359. The van der Waals surface area contributed by atoms with Crippen LogP contribution in [0.4, 0.5) is 0 Å². The topological polar surface area (TPSA) is 12.4 Å². The molecule has 78 valence electrons. The van der Waals surface area contributed by atoms with Gasteiger partial charge in [-0.1, -0.05) is 31.3 Å². The van der Waals surface area contributed by atoms with Gasteiger partial charge < -0.3 is 0 Å². The minimum absolute atomic E-state index is 0.764. The summed E-state index contributed by atoms with van der Waals surface area (Å²) < 4.78 is 0. The molecular weight excluding hydrogens is 170 g/mol. The molecule has 1 aliphatic carbocycles. The van der Waals surface area contributed by atoms with Crippen LogP contribution in [0.15, 0.2) is 16.8 Å². The summed E-state index contributed by atoms with van der Waals surface area (Å²) in [4.78, 5) is 4.52. The van der Waals surface area contributed by atoms with Crippen molar-refractivity contribution in [2.75, 3.05) is 0 Å². The summed E-state index contributed by atoms with van der Waals surface area (Å²) in [5, 5.41) is 0. The molecule has 0 aromatic heterocycles. The fraction of sp³-hybridized carbons (Fsp3) is 0.769. The van der Waals surface area contributed by atoms with E-state index in [0.29, 0.717) is 0 Å². The quantitative estimate of drug-likeness (QED) is 0.549. The number of fused-ring (bicyclic) bond motifs is 1. The fourth-order valence-corrected chi connectivity index (χ4v) is 2.92. The third-order valence-electron chi connectivity index (χ3n) is 3.86.